The smallest absolute Gasteiger partial charge is 0.245 e. The molecule has 0 saturated carbocycles. The van der Waals surface area contributed by atoms with Gasteiger partial charge in [-0.3, -0.25) is 0 Å². The molecule has 0 spiro atoms. The number of aromatic nitrogens is 4. The maximum atomic E-state index is 5.84. The van der Waals surface area contributed by atoms with Crippen molar-refractivity contribution in [2.24, 2.45) is 0 Å². The number of hydrogen-bond donors (Lipinski definition) is 2. The van der Waals surface area contributed by atoms with Crippen LogP contribution in [0.2, 0.25) is 0 Å². The van der Waals surface area contributed by atoms with Gasteiger partial charge in [-0.2, -0.15) is 0 Å². The lowest BCUT2D eigenvalue weighted by Crippen LogP contribution is -2.20. The second-order valence-electron chi connectivity index (χ2n) is 4.60. The molecule has 0 aliphatic carbocycles. The van der Waals surface area contributed by atoms with E-state index in [0.29, 0.717) is 17.1 Å². The zero-order valence-electron chi connectivity index (χ0n) is 10.9. The van der Waals surface area contributed by atoms with E-state index >= 15 is 0 Å². The molecule has 0 fully saturated rings. The summed E-state index contributed by atoms with van der Waals surface area (Å²) in [5.41, 5.74) is 7.73. The molecule has 2 heterocycles. The zero-order chi connectivity index (χ0) is 13.9. The highest BCUT2D eigenvalue weighted by Gasteiger charge is 2.12. The van der Waals surface area contributed by atoms with Crippen LogP contribution < -0.4 is 11.1 Å². The molecule has 7 nitrogen and oxygen atoms in total. The van der Waals surface area contributed by atoms with E-state index in [9.17, 15) is 0 Å². The Morgan fingerprint density at radius 3 is 2.60 bits per heavy atom. The van der Waals surface area contributed by atoms with Crippen molar-refractivity contribution in [2.45, 2.75) is 19.4 Å². The van der Waals surface area contributed by atoms with Gasteiger partial charge in [0, 0.05) is 6.04 Å². The number of nitrogen functional groups attached to an aromatic ring is 1. The summed E-state index contributed by atoms with van der Waals surface area (Å²) in [4.78, 5) is 8.33. The van der Waals surface area contributed by atoms with Crippen molar-refractivity contribution in [3.63, 3.8) is 0 Å². The van der Waals surface area contributed by atoms with Gasteiger partial charge in [0.15, 0.2) is 11.6 Å². The third-order valence-corrected chi connectivity index (χ3v) is 2.91. The van der Waals surface area contributed by atoms with Crippen molar-refractivity contribution in [1.82, 2.24) is 20.3 Å². The van der Waals surface area contributed by atoms with Crippen LogP contribution in [0.1, 0.15) is 12.5 Å². The number of nitrogens with one attached hydrogen (secondary N) is 1. The highest BCUT2D eigenvalue weighted by molar-refractivity contribution is 5.72. The first kappa shape index (κ1) is 12.3. The Morgan fingerprint density at radius 2 is 1.85 bits per heavy atom. The van der Waals surface area contributed by atoms with Gasteiger partial charge in [-0.1, -0.05) is 30.3 Å². The standard InChI is InChI=1S/C13H14N6O/c1-8(7-9-5-3-2-4-6-9)15-11-10(14)16-12-13(17-11)19-20-18-12/h2-6,8H,7H2,1H3,(H2,14,16,18)(H,15,17,19). The molecule has 0 bridgehead atoms. The molecule has 1 unspecified atom stereocenters. The van der Waals surface area contributed by atoms with Crippen LogP contribution in [0.4, 0.5) is 11.6 Å². The summed E-state index contributed by atoms with van der Waals surface area (Å²) in [7, 11) is 0. The fraction of sp³-hybridized carbons (Fsp3) is 0.231. The maximum Gasteiger partial charge on any atom is 0.245 e. The molecule has 3 aromatic rings. The van der Waals surface area contributed by atoms with Crippen LogP contribution in [-0.2, 0) is 6.42 Å². The van der Waals surface area contributed by atoms with Gasteiger partial charge in [0.2, 0.25) is 11.3 Å². The normalized spacial score (nSPS) is 12.4. The van der Waals surface area contributed by atoms with E-state index in [-0.39, 0.29) is 11.9 Å². The number of hydrogen-bond acceptors (Lipinski definition) is 7. The fourth-order valence-electron chi connectivity index (χ4n) is 2.01. The second-order valence-corrected chi connectivity index (χ2v) is 4.60. The molecule has 20 heavy (non-hydrogen) atoms. The molecule has 0 aliphatic heterocycles. The third-order valence-electron chi connectivity index (χ3n) is 2.91. The Balaban J connectivity index is 1.76. The lowest BCUT2D eigenvalue weighted by Gasteiger charge is -2.15. The first-order valence-corrected chi connectivity index (χ1v) is 6.28. The van der Waals surface area contributed by atoms with Crippen molar-refractivity contribution in [2.75, 3.05) is 11.1 Å². The summed E-state index contributed by atoms with van der Waals surface area (Å²) in [6.45, 7) is 2.05. The highest BCUT2D eigenvalue weighted by Crippen LogP contribution is 2.17. The molecule has 3 rings (SSSR count). The topological polar surface area (TPSA) is 103 Å². The first-order valence-electron chi connectivity index (χ1n) is 6.28. The maximum absolute atomic E-state index is 5.84. The summed E-state index contributed by atoms with van der Waals surface area (Å²) in [6, 6.07) is 10.4. The van der Waals surface area contributed by atoms with Gasteiger partial charge in [0.05, 0.1) is 0 Å². The van der Waals surface area contributed by atoms with Gasteiger partial charge < -0.3 is 11.1 Å². The molecule has 1 aromatic carbocycles. The molecule has 102 valence electrons. The van der Waals surface area contributed by atoms with E-state index in [2.05, 4.69) is 49.3 Å². The number of anilines is 2. The van der Waals surface area contributed by atoms with E-state index in [1.165, 1.54) is 5.56 Å². The van der Waals surface area contributed by atoms with Crippen molar-refractivity contribution >= 4 is 22.9 Å². The number of nitrogens with zero attached hydrogens (tertiary/aromatic N) is 4. The van der Waals surface area contributed by atoms with Gasteiger partial charge in [-0.25, -0.2) is 14.6 Å². The van der Waals surface area contributed by atoms with E-state index in [4.69, 9.17) is 5.73 Å². The van der Waals surface area contributed by atoms with E-state index in [1.54, 1.807) is 0 Å². The van der Waals surface area contributed by atoms with Crippen LogP contribution in [-0.4, -0.2) is 26.3 Å². The van der Waals surface area contributed by atoms with Gasteiger partial charge in [0.1, 0.15) is 0 Å². The molecular formula is C13H14N6O. The summed E-state index contributed by atoms with van der Waals surface area (Å²) in [5.74, 6) is 0.782. The quantitative estimate of drug-likeness (QED) is 0.742. The van der Waals surface area contributed by atoms with Gasteiger partial charge in [-0.15, -0.1) is 0 Å². The van der Waals surface area contributed by atoms with Crippen molar-refractivity contribution in [1.29, 1.82) is 0 Å². The number of nitrogens with two attached hydrogens (primary N) is 1. The highest BCUT2D eigenvalue weighted by atomic mass is 16.6. The minimum absolute atomic E-state index is 0.159. The van der Waals surface area contributed by atoms with Crippen LogP contribution in [0.3, 0.4) is 0 Å². The first-order chi connectivity index (χ1) is 9.72. The second kappa shape index (κ2) is 5.12. The predicted molar refractivity (Wildman–Crippen MR) is 75.0 cm³/mol. The van der Waals surface area contributed by atoms with Crippen molar-refractivity contribution in [3.8, 4) is 0 Å². The van der Waals surface area contributed by atoms with Crippen LogP contribution in [0.15, 0.2) is 35.0 Å². The molecule has 2 aromatic heterocycles. The summed E-state index contributed by atoms with van der Waals surface area (Å²) >= 11 is 0. The van der Waals surface area contributed by atoms with Crippen LogP contribution in [0, 0.1) is 0 Å². The Hall–Kier alpha value is -2.70. The Kier molecular flexibility index (Phi) is 3.16. The minimum atomic E-state index is 0.159. The molecule has 3 N–H and O–H groups in total. The molecule has 1 atom stereocenters. The molecule has 7 heteroatoms. The van der Waals surface area contributed by atoms with Gasteiger partial charge >= 0.3 is 0 Å². The van der Waals surface area contributed by atoms with Gasteiger partial charge in [-0.05, 0) is 29.2 Å². The average molecular weight is 270 g/mol. The number of fused-ring (bicyclic) bond motifs is 1. The minimum Gasteiger partial charge on any atom is -0.381 e. The van der Waals surface area contributed by atoms with Crippen molar-refractivity contribution in [3.05, 3.63) is 35.9 Å². The molecule has 0 amide bonds. The van der Waals surface area contributed by atoms with Gasteiger partial charge in [0.25, 0.3) is 0 Å². The summed E-state index contributed by atoms with van der Waals surface area (Å²) < 4.78 is 4.57. The molecule has 0 saturated heterocycles. The Morgan fingerprint density at radius 1 is 1.15 bits per heavy atom. The average Bonchev–Trinajstić information content (AvgIpc) is 2.87. The fourth-order valence-corrected chi connectivity index (χ4v) is 2.01. The van der Waals surface area contributed by atoms with E-state index in [0.717, 1.165) is 6.42 Å². The summed E-state index contributed by atoms with van der Waals surface area (Å²) in [5, 5.41) is 10.5. The Labute approximate surface area is 115 Å². The van der Waals surface area contributed by atoms with Crippen molar-refractivity contribution < 1.29 is 4.63 Å². The van der Waals surface area contributed by atoms with E-state index < -0.39 is 0 Å². The van der Waals surface area contributed by atoms with Crippen LogP contribution in [0.5, 0.6) is 0 Å². The molecule has 0 aliphatic rings. The lowest BCUT2D eigenvalue weighted by atomic mass is 10.1. The summed E-state index contributed by atoms with van der Waals surface area (Å²) in [6.07, 6.45) is 0.858. The van der Waals surface area contributed by atoms with Crippen LogP contribution >= 0.6 is 0 Å². The lowest BCUT2D eigenvalue weighted by molar-refractivity contribution is 0.314. The molecule has 0 radical (unpaired) electrons. The van der Waals surface area contributed by atoms with E-state index in [1.807, 2.05) is 18.2 Å². The predicted octanol–water partition coefficient (Wildman–Crippen LogP) is 1.64. The number of rotatable bonds is 4. The third kappa shape index (κ3) is 2.51. The molecular weight excluding hydrogens is 256 g/mol. The monoisotopic (exact) mass is 270 g/mol. The largest absolute Gasteiger partial charge is 0.381 e. The van der Waals surface area contributed by atoms with Crippen LogP contribution in [0.25, 0.3) is 11.3 Å². The number of benzene rings is 1. The SMILES string of the molecule is CC(Cc1ccccc1)Nc1nc2nonc2nc1N. The Bertz CT molecular complexity index is 711. The zero-order valence-corrected chi connectivity index (χ0v) is 10.9.